The summed E-state index contributed by atoms with van der Waals surface area (Å²) in [6.07, 6.45) is 6.13. The first-order valence-corrected chi connectivity index (χ1v) is 14.9. The summed E-state index contributed by atoms with van der Waals surface area (Å²) in [5.41, 5.74) is 0.740. The standard InChI is InChI=1S/C32H32ClFN6O4/c1-38-14-5-8-21(38)18-44-32-36-30-23(31(37-32)39(2)20-13-15-40(17-20)25(41)11-12-26(42)43)16-35-29(28(30)34)22-9-3-6-19-7-4-10-24(33)27(19)22/h3-4,6-7,9-12,16,20-21H,5,8,13-15,17-18H2,1-2H3,(H,42,43)/b12-11+/t20?,21-/m0/s1. The summed E-state index contributed by atoms with van der Waals surface area (Å²) in [7, 11) is 3.88. The van der Waals surface area contributed by atoms with Crippen LogP contribution in [0.3, 0.4) is 0 Å². The molecule has 0 saturated carbocycles. The number of halogens is 2. The number of rotatable bonds is 8. The third kappa shape index (κ3) is 5.77. The summed E-state index contributed by atoms with van der Waals surface area (Å²) in [5, 5.41) is 11.3. The van der Waals surface area contributed by atoms with Gasteiger partial charge in [0.05, 0.1) is 5.39 Å². The van der Waals surface area contributed by atoms with Crippen LogP contribution in [0.4, 0.5) is 10.2 Å². The van der Waals surface area contributed by atoms with E-state index in [1.807, 2.05) is 43.3 Å². The Balaban J connectivity index is 1.40. The Hall–Kier alpha value is -4.35. The summed E-state index contributed by atoms with van der Waals surface area (Å²) in [6, 6.07) is 11.2. The average Bonchev–Trinajstić information content (AvgIpc) is 3.68. The van der Waals surface area contributed by atoms with Gasteiger partial charge in [-0.2, -0.15) is 9.97 Å². The van der Waals surface area contributed by atoms with Crippen LogP contribution in [0.2, 0.25) is 5.02 Å². The molecule has 2 fully saturated rings. The normalized spacial score (nSPS) is 19.0. The van der Waals surface area contributed by atoms with E-state index >= 15 is 4.39 Å². The second kappa shape index (κ2) is 12.3. The number of fused-ring (bicyclic) bond motifs is 2. The van der Waals surface area contributed by atoms with Crippen molar-refractivity contribution in [1.29, 1.82) is 0 Å². The van der Waals surface area contributed by atoms with Crippen molar-refractivity contribution in [3.63, 3.8) is 0 Å². The number of carbonyl (C=O) groups is 2. The van der Waals surface area contributed by atoms with Crippen molar-refractivity contribution in [3.8, 4) is 17.3 Å². The van der Waals surface area contributed by atoms with Gasteiger partial charge >= 0.3 is 12.0 Å². The Morgan fingerprint density at radius 1 is 1.16 bits per heavy atom. The zero-order chi connectivity index (χ0) is 31.0. The third-order valence-electron chi connectivity index (χ3n) is 8.55. The molecule has 0 aliphatic carbocycles. The van der Waals surface area contributed by atoms with Crippen molar-refractivity contribution in [2.24, 2.45) is 0 Å². The number of aliphatic carboxylic acids is 1. The number of carboxylic acid groups (broad SMARTS) is 1. The molecule has 0 spiro atoms. The molecule has 6 rings (SSSR count). The van der Waals surface area contributed by atoms with E-state index in [-0.39, 0.29) is 35.2 Å². The summed E-state index contributed by atoms with van der Waals surface area (Å²) < 4.78 is 22.6. The Bertz CT molecular complexity index is 1780. The fraction of sp³-hybridized carbons (Fsp3) is 0.344. The quantitative estimate of drug-likeness (QED) is 0.279. The van der Waals surface area contributed by atoms with Crippen molar-refractivity contribution in [1.82, 2.24) is 24.8 Å². The highest BCUT2D eigenvalue weighted by atomic mass is 35.5. The van der Waals surface area contributed by atoms with Gasteiger partial charge < -0.3 is 24.5 Å². The Morgan fingerprint density at radius 2 is 1.95 bits per heavy atom. The molecule has 2 aromatic carbocycles. The molecule has 1 amide bonds. The van der Waals surface area contributed by atoms with Crippen LogP contribution in [-0.2, 0) is 9.59 Å². The zero-order valence-electron chi connectivity index (χ0n) is 24.4. The van der Waals surface area contributed by atoms with E-state index in [1.165, 1.54) is 0 Å². The van der Waals surface area contributed by atoms with Crippen molar-refractivity contribution < 1.29 is 23.8 Å². The molecule has 4 aromatic rings. The lowest BCUT2D eigenvalue weighted by Gasteiger charge is -2.27. The van der Waals surface area contributed by atoms with E-state index in [1.54, 1.807) is 23.2 Å². The first-order chi connectivity index (χ1) is 21.2. The molecule has 0 bridgehead atoms. The van der Waals surface area contributed by atoms with Gasteiger partial charge in [-0.25, -0.2) is 9.18 Å². The summed E-state index contributed by atoms with van der Waals surface area (Å²) in [6.45, 7) is 2.13. The molecule has 44 heavy (non-hydrogen) atoms. The molecular formula is C32H32ClFN6O4. The number of carboxylic acids is 1. The second-order valence-corrected chi connectivity index (χ2v) is 11.7. The number of carbonyl (C=O) groups excluding carboxylic acids is 1. The van der Waals surface area contributed by atoms with Crippen LogP contribution < -0.4 is 9.64 Å². The van der Waals surface area contributed by atoms with Gasteiger partial charge in [0.1, 0.15) is 23.6 Å². The largest absolute Gasteiger partial charge is 0.478 e. The van der Waals surface area contributed by atoms with Crippen LogP contribution in [0.1, 0.15) is 19.3 Å². The molecule has 12 heteroatoms. The Morgan fingerprint density at radius 3 is 2.70 bits per heavy atom. The SMILES string of the molecule is CN(c1nc(OC[C@@H]2CCCN2C)nc2c(F)c(-c3cccc4cccc(Cl)c34)ncc12)C1CCN(C(=O)/C=C/C(=O)O)C1. The molecule has 0 radical (unpaired) electrons. The van der Waals surface area contributed by atoms with Gasteiger partial charge in [-0.05, 0) is 44.3 Å². The van der Waals surface area contributed by atoms with Gasteiger partial charge in [0.2, 0.25) is 5.91 Å². The van der Waals surface area contributed by atoms with Crippen LogP contribution in [0, 0.1) is 5.82 Å². The smallest absolute Gasteiger partial charge is 0.328 e. The molecule has 2 aliphatic heterocycles. The van der Waals surface area contributed by atoms with E-state index in [2.05, 4.69) is 14.9 Å². The van der Waals surface area contributed by atoms with E-state index < -0.39 is 11.8 Å². The number of nitrogens with zero attached hydrogens (tertiary/aromatic N) is 6. The number of hydrogen-bond acceptors (Lipinski definition) is 8. The van der Waals surface area contributed by atoms with Crippen LogP contribution in [0.15, 0.2) is 54.7 Å². The average molecular weight is 619 g/mol. The fourth-order valence-corrected chi connectivity index (χ4v) is 6.36. The van der Waals surface area contributed by atoms with Crippen LogP contribution in [0.25, 0.3) is 32.9 Å². The van der Waals surface area contributed by atoms with Gasteiger partial charge in [-0.3, -0.25) is 9.78 Å². The van der Waals surface area contributed by atoms with Gasteiger partial charge in [0, 0.05) is 66.5 Å². The molecule has 4 heterocycles. The molecule has 2 atom stereocenters. The van der Waals surface area contributed by atoms with E-state index in [9.17, 15) is 9.59 Å². The molecule has 228 valence electrons. The predicted octanol–water partition coefficient (Wildman–Crippen LogP) is 4.79. The molecule has 2 aromatic heterocycles. The Kier molecular flexibility index (Phi) is 8.33. The van der Waals surface area contributed by atoms with Crippen molar-refractivity contribution in [2.75, 3.05) is 45.2 Å². The van der Waals surface area contributed by atoms with E-state index in [0.717, 1.165) is 36.9 Å². The molecule has 1 N–H and O–H groups in total. The van der Waals surface area contributed by atoms with E-state index in [4.69, 9.17) is 26.4 Å². The highest BCUT2D eigenvalue weighted by Gasteiger charge is 2.31. The number of ether oxygens (including phenoxy) is 1. The molecule has 2 saturated heterocycles. The molecule has 10 nitrogen and oxygen atoms in total. The maximum absolute atomic E-state index is 16.5. The predicted molar refractivity (Wildman–Crippen MR) is 167 cm³/mol. The van der Waals surface area contributed by atoms with Crippen LogP contribution in [0.5, 0.6) is 6.01 Å². The maximum Gasteiger partial charge on any atom is 0.328 e. The van der Waals surface area contributed by atoms with Crippen LogP contribution in [-0.4, -0.2) is 94.2 Å². The summed E-state index contributed by atoms with van der Waals surface area (Å²) in [5.74, 6) is -1.75. The summed E-state index contributed by atoms with van der Waals surface area (Å²) in [4.78, 5) is 42.9. The minimum Gasteiger partial charge on any atom is -0.478 e. The highest BCUT2D eigenvalue weighted by molar-refractivity contribution is 6.36. The first kappa shape index (κ1) is 29.7. The van der Waals surface area contributed by atoms with Crippen molar-refractivity contribution >= 4 is 51.0 Å². The zero-order valence-corrected chi connectivity index (χ0v) is 25.2. The van der Waals surface area contributed by atoms with Crippen LogP contribution >= 0.6 is 11.6 Å². The van der Waals surface area contributed by atoms with Crippen molar-refractivity contribution in [2.45, 2.75) is 31.3 Å². The number of amides is 1. The van der Waals surface area contributed by atoms with E-state index in [0.29, 0.717) is 53.3 Å². The second-order valence-electron chi connectivity index (χ2n) is 11.3. The van der Waals surface area contributed by atoms with Crippen molar-refractivity contribution in [3.05, 3.63) is 65.6 Å². The fourth-order valence-electron chi connectivity index (χ4n) is 6.08. The number of likely N-dealkylation sites (tertiary alicyclic amines) is 2. The maximum atomic E-state index is 16.5. The van der Waals surface area contributed by atoms with Gasteiger partial charge in [-0.1, -0.05) is 41.9 Å². The molecule has 1 unspecified atom stereocenters. The van der Waals surface area contributed by atoms with Gasteiger partial charge in [-0.15, -0.1) is 0 Å². The summed E-state index contributed by atoms with van der Waals surface area (Å²) >= 11 is 6.56. The Labute approximate surface area is 258 Å². The van der Waals surface area contributed by atoms with Gasteiger partial charge in [0.15, 0.2) is 5.82 Å². The number of anilines is 1. The lowest BCUT2D eigenvalue weighted by atomic mass is 10.0. The third-order valence-corrected chi connectivity index (χ3v) is 8.87. The minimum atomic E-state index is -1.19. The topological polar surface area (TPSA) is 112 Å². The molecule has 2 aliphatic rings. The number of hydrogen-bond donors (Lipinski definition) is 1. The number of likely N-dealkylation sites (N-methyl/N-ethyl adjacent to an activating group) is 2. The monoisotopic (exact) mass is 618 g/mol. The highest BCUT2D eigenvalue weighted by Crippen LogP contribution is 2.37. The number of benzene rings is 2. The first-order valence-electron chi connectivity index (χ1n) is 14.5. The number of aromatic nitrogens is 3. The lowest BCUT2D eigenvalue weighted by Crippen LogP contribution is -2.37. The van der Waals surface area contributed by atoms with Gasteiger partial charge in [0.25, 0.3) is 0 Å². The lowest BCUT2D eigenvalue weighted by molar-refractivity contribution is -0.132. The minimum absolute atomic E-state index is 0.0574. The number of pyridine rings is 1. The molecular weight excluding hydrogens is 587 g/mol.